The van der Waals surface area contributed by atoms with Gasteiger partial charge in [0.25, 0.3) is 0 Å². The van der Waals surface area contributed by atoms with E-state index in [2.05, 4.69) is 0 Å². The summed E-state index contributed by atoms with van der Waals surface area (Å²) in [6.07, 6.45) is 2.89. The van der Waals surface area contributed by atoms with Crippen molar-refractivity contribution in [3.63, 3.8) is 0 Å². The third kappa shape index (κ3) is 4.08. The van der Waals surface area contributed by atoms with Gasteiger partial charge >= 0.3 is 0 Å². The molecule has 1 N–H and O–H groups in total. The molecule has 144 valence electrons. The standard InChI is InChI=1S/C20H22O7/c1-23-13-8-6-12(16(10-13)24-2)7-9-14(21)18-15(22)11-17(25-3)19(26-4)20(18)27-5/h6-11,22H,1-5H3. The molecule has 0 heterocycles. The molecule has 0 unspecified atom stereocenters. The Morgan fingerprint density at radius 3 is 2.07 bits per heavy atom. The molecule has 0 saturated heterocycles. The Morgan fingerprint density at radius 2 is 1.52 bits per heavy atom. The van der Waals surface area contributed by atoms with Crippen LogP contribution in [0, 0.1) is 0 Å². The van der Waals surface area contributed by atoms with Gasteiger partial charge in [0, 0.05) is 17.7 Å². The molecule has 2 rings (SSSR count). The first-order chi connectivity index (χ1) is 13.0. The molecule has 2 aromatic rings. The van der Waals surface area contributed by atoms with Crippen LogP contribution in [0.15, 0.2) is 30.3 Å². The summed E-state index contributed by atoms with van der Waals surface area (Å²) in [5.41, 5.74) is 0.643. The van der Waals surface area contributed by atoms with Gasteiger partial charge in [-0.3, -0.25) is 4.79 Å². The van der Waals surface area contributed by atoms with Crippen LogP contribution in [0.5, 0.6) is 34.5 Å². The average Bonchev–Trinajstić information content (AvgIpc) is 2.70. The van der Waals surface area contributed by atoms with E-state index in [4.69, 9.17) is 23.7 Å². The predicted octanol–water partition coefficient (Wildman–Crippen LogP) is 3.33. The lowest BCUT2D eigenvalue weighted by molar-refractivity contribution is 0.104. The molecule has 7 heteroatoms. The number of benzene rings is 2. The fourth-order valence-electron chi connectivity index (χ4n) is 2.59. The lowest BCUT2D eigenvalue weighted by Gasteiger charge is -2.15. The summed E-state index contributed by atoms with van der Waals surface area (Å²) in [4.78, 5) is 12.7. The van der Waals surface area contributed by atoms with E-state index in [-0.39, 0.29) is 28.6 Å². The first kappa shape index (κ1) is 20.0. The summed E-state index contributed by atoms with van der Waals surface area (Å²) in [5.74, 6) is 0.993. The SMILES string of the molecule is COc1ccc(C=CC(=O)c2c(O)cc(OC)c(OC)c2OC)c(OC)c1. The largest absolute Gasteiger partial charge is 0.507 e. The van der Waals surface area contributed by atoms with Gasteiger partial charge in [0.05, 0.1) is 35.5 Å². The summed E-state index contributed by atoms with van der Waals surface area (Å²) < 4.78 is 26.2. The van der Waals surface area contributed by atoms with Gasteiger partial charge in [-0.2, -0.15) is 0 Å². The summed E-state index contributed by atoms with van der Waals surface area (Å²) in [6, 6.07) is 6.52. The van der Waals surface area contributed by atoms with Gasteiger partial charge in [-0.1, -0.05) is 0 Å². The second-order valence-corrected chi connectivity index (χ2v) is 5.34. The van der Waals surface area contributed by atoms with Crippen LogP contribution in [0.1, 0.15) is 15.9 Å². The summed E-state index contributed by atoms with van der Waals surface area (Å²) in [6.45, 7) is 0. The van der Waals surface area contributed by atoms with Crippen LogP contribution in [0.4, 0.5) is 0 Å². The van der Waals surface area contributed by atoms with E-state index in [1.165, 1.54) is 40.6 Å². The molecule has 2 aromatic carbocycles. The molecule has 0 spiro atoms. The third-order valence-corrected chi connectivity index (χ3v) is 3.91. The van der Waals surface area contributed by atoms with Crippen LogP contribution in [0.2, 0.25) is 0 Å². The highest BCUT2D eigenvalue weighted by Gasteiger charge is 2.24. The van der Waals surface area contributed by atoms with E-state index in [9.17, 15) is 9.90 Å². The molecule has 0 aliphatic heterocycles. The lowest BCUT2D eigenvalue weighted by atomic mass is 10.0. The monoisotopic (exact) mass is 374 g/mol. The maximum absolute atomic E-state index is 12.7. The van der Waals surface area contributed by atoms with Crippen molar-refractivity contribution in [2.75, 3.05) is 35.5 Å². The molecular formula is C20H22O7. The molecule has 7 nitrogen and oxygen atoms in total. The van der Waals surface area contributed by atoms with Crippen molar-refractivity contribution in [1.82, 2.24) is 0 Å². The van der Waals surface area contributed by atoms with Gasteiger partial charge in [-0.25, -0.2) is 0 Å². The van der Waals surface area contributed by atoms with Crippen molar-refractivity contribution in [2.45, 2.75) is 0 Å². The molecule has 0 fully saturated rings. The molecule has 0 bridgehead atoms. The van der Waals surface area contributed by atoms with Gasteiger partial charge in [0.2, 0.25) is 5.75 Å². The van der Waals surface area contributed by atoms with E-state index in [0.29, 0.717) is 17.1 Å². The van der Waals surface area contributed by atoms with Crippen molar-refractivity contribution in [1.29, 1.82) is 0 Å². The number of methoxy groups -OCH3 is 5. The highest BCUT2D eigenvalue weighted by atomic mass is 16.5. The van der Waals surface area contributed by atoms with Gasteiger partial charge in [0.1, 0.15) is 22.8 Å². The molecule has 0 aliphatic rings. The first-order valence-electron chi connectivity index (χ1n) is 7.97. The van der Waals surface area contributed by atoms with Crippen LogP contribution in [0.3, 0.4) is 0 Å². The minimum Gasteiger partial charge on any atom is -0.507 e. The van der Waals surface area contributed by atoms with E-state index >= 15 is 0 Å². The molecule has 0 saturated carbocycles. The maximum Gasteiger partial charge on any atom is 0.204 e. The van der Waals surface area contributed by atoms with Crippen molar-refractivity contribution in [2.24, 2.45) is 0 Å². The number of phenols is 1. The maximum atomic E-state index is 12.7. The molecular weight excluding hydrogens is 352 g/mol. The highest BCUT2D eigenvalue weighted by Crippen LogP contribution is 2.45. The number of hydrogen-bond donors (Lipinski definition) is 1. The Morgan fingerprint density at radius 1 is 0.852 bits per heavy atom. The minimum atomic E-state index is -0.469. The first-order valence-corrected chi connectivity index (χ1v) is 7.97. The lowest BCUT2D eigenvalue weighted by Crippen LogP contribution is -2.03. The number of allylic oxidation sites excluding steroid dienone is 1. The van der Waals surface area contributed by atoms with Crippen molar-refractivity contribution in [3.8, 4) is 34.5 Å². The van der Waals surface area contributed by atoms with E-state index in [1.807, 2.05) is 0 Å². The minimum absolute atomic E-state index is 0.0288. The number of aromatic hydroxyl groups is 1. The number of rotatable bonds is 8. The summed E-state index contributed by atoms with van der Waals surface area (Å²) >= 11 is 0. The highest BCUT2D eigenvalue weighted by molar-refractivity contribution is 6.11. The van der Waals surface area contributed by atoms with Crippen LogP contribution in [-0.2, 0) is 0 Å². The van der Waals surface area contributed by atoms with Gasteiger partial charge < -0.3 is 28.8 Å². The van der Waals surface area contributed by atoms with E-state index < -0.39 is 5.78 Å². The Labute approximate surface area is 157 Å². The van der Waals surface area contributed by atoms with Crippen molar-refractivity contribution < 1.29 is 33.6 Å². The number of phenolic OH excluding ortho intramolecular Hbond substituents is 1. The molecule has 0 radical (unpaired) electrons. The van der Waals surface area contributed by atoms with Crippen LogP contribution < -0.4 is 23.7 Å². The quantitative estimate of drug-likeness (QED) is 0.560. The topological polar surface area (TPSA) is 83.5 Å². The molecule has 0 amide bonds. The Kier molecular flexibility index (Phi) is 6.54. The number of ether oxygens (including phenoxy) is 5. The molecule has 0 aliphatic carbocycles. The smallest absolute Gasteiger partial charge is 0.204 e. The zero-order chi connectivity index (χ0) is 20.0. The number of hydrogen-bond acceptors (Lipinski definition) is 7. The van der Waals surface area contributed by atoms with Crippen LogP contribution in [0.25, 0.3) is 6.08 Å². The van der Waals surface area contributed by atoms with Gasteiger partial charge in [0.15, 0.2) is 17.3 Å². The average molecular weight is 374 g/mol. The summed E-state index contributed by atoms with van der Waals surface area (Å²) in [5, 5.41) is 10.3. The number of ketones is 1. The van der Waals surface area contributed by atoms with Crippen LogP contribution >= 0.6 is 0 Å². The van der Waals surface area contributed by atoms with Gasteiger partial charge in [-0.05, 0) is 24.3 Å². The zero-order valence-electron chi connectivity index (χ0n) is 15.9. The molecule has 0 aromatic heterocycles. The molecule has 0 atom stereocenters. The van der Waals surface area contributed by atoms with Gasteiger partial charge in [-0.15, -0.1) is 0 Å². The predicted molar refractivity (Wildman–Crippen MR) is 101 cm³/mol. The zero-order valence-corrected chi connectivity index (χ0v) is 15.9. The normalized spacial score (nSPS) is 10.6. The Hall–Kier alpha value is -3.35. The Bertz CT molecular complexity index is 856. The van der Waals surface area contributed by atoms with Crippen LogP contribution in [-0.4, -0.2) is 46.4 Å². The number of carbonyl (C=O) groups excluding carboxylic acids is 1. The fourth-order valence-corrected chi connectivity index (χ4v) is 2.59. The number of carbonyl (C=O) groups is 1. The fraction of sp³-hybridized carbons (Fsp3) is 0.250. The summed E-state index contributed by atoms with van der Waals surface area (Å²) in [7, 11) is 7.30. The second-order valence-electron chi connectivity index (χ2n) is 5.34. The van der Waals surface area contributed by atoms with Crippen molar-refractivity contribution >= 4 is 11.9 Å². The van der Waals surface area contributed by atoms with E-state index in [0.717, 1.165) is 0 Å². The third-order valence-electron chi connectivity index (χ3n) is 3.91. The second kappa shape index (κ2) is 8.84. The Balaban J connectivity index is 2.46. The van der Waals surface area contributed by atoms with E-state index in [1.54, 1.807) is 31.4 Å². The van der Waals surface area contributed by atoms with Crippen molar-refractivity contribution in [3.05, 3.63) is 41.5 Å². The molecule has 27 heavy (non-hydrogen) atoms.